The quantitative estimate of drug-likeness (QED) is 0.834. The van der Waals surface area contributed by atoms with Crippen LogP contribution in [0.5, 0.6) is 0 Å². The summed E-state index contributed by atoms with van der Waals surface area (Å²) in [7, 11) is -2.91. The zero-order valence-electron chi connectivity index (χ0n) is 14.0. The van der Waals surface area contributed by atoms with Gasteiger partial charge in [0.25, 0.3) is 5.91 Å². The van der Waals surface area contributed by atoms with Gasteiger partial charge in [0.1, 0.15) is 0 Å². The summed E-state index contributed by atoms with van der Waals surface area (Å²) in [6, 6.07) is 7.50. The molecular weight excluding hydrogens is 358 g/mol. The van der Waals surface area contributed by atoms with E-state index in [2.05, 4.69) is 15.2 Å². The fourth-order valence-electron chi connectivity index (χ4n) is 3.06. The van der Waals surface area contributed by atoms with Gasteiger partial charge in [-0.15, -0.1) is 11.3 Å². The smallest absolute Gasteiger partial charge is 0.257 e. The van der Waals surface area contributed by atoms with Crippen molar-refractivity contribution < 1.29 is 13.2 Å². The number of rotatable bonds is 6. The zero-order chi connectivity index (χ0) is 17.9. The second-order valence-corrected chi connectivity index (χ2v) is 9.24. The summed E-state index contributed by atoms with van der Waals surface area (Å²) in [6.45, 7) is 3.44. The Morgan fingerprint density at radius 2 is 2.28 bits per heavy atom. The molecule has 2 heterocycles. The van der Waals surface area contributed by atoms with Crippen molar-refractivity contribution in [2.75, 3.05) is 23.4 Å². The monoisotopic (exact) mass is 379 g/mol. The van der Waals surface area contributed by atoms with Crippen molar-refractivity contribution in [3.05, 3.63) is 47.0 Å². The van der Waals surface area contributed by atoms with Crippen molar-refractivity contribution in [2.45, 2.75) is 25.9 Å². The minimum Gasteiger partial charge on any atom is -0.298 e. The molecule has 3 rings (SSSR count). The molecule has 25 heavy (non-hydrogen) atoms. The number of hydrogen-bond acceptors (Lipinski definition) is 6. The molecule has 1 aliphatic rings. The first-order chi connectivity index (χ1) is 12.0. The van der Waals surface area contributed by atoms with E-state index >= 15 is 0 Å². The fraction of sp³-hybridized carbons (Fsp3) is 0.412. The van der Waals surface area contributed by atoms with Gasteiger partial charge in [0.2, 0.25) is 0 Å². The van der Waals surface area contributed by atoms with E-state index in [0.717, 1.165) is 12.1 Å². The number of nitrogens with one attached hydrogen (secondary N) is 1. The summed E-state index contributed by atoms with van der Waals surface area (Å²) in [5.41, 5.74) is 1.57. The van der Waals surface area contributed by atoms with Crippen LogP contribution in [-0.2, 0) is 16.4 Å². The Bertz CT molecular complexity index is 835. The Morgan fingerprint density at radius 3 is 2.92 bits per heavy atom. The van der Waals surface area contributed by atoms with Gasteiger partial charge in [0, 0.05) is 29.7 Å². The molecule has 1 saturated heterocycles. The summed E-state index contributed by atoms with van der Waals surface area (Å²) >= 11 is 1.37. The number of thiazole rings is 1. The highest BCUT2D eigenvalue weighted by Crippen LogP contribution is 2.20. The van der Waals surface area contributed by atoms with Crippen molar-refractivity contribution in [3.63, 3.8) is 0 Å². The van der Waals surface area contributed by atoms with Crippen molar-refractivity contribution in [1.29, 1.82) is 0 Å². The summed E-state index contributed by atoms with van der Waals surface area (Å²) in [4.78, 5) is 18.5. The van der Waals surface area contributed by atoms with Gasteiger partial charge >= 0.3 is 0 Å². The molecule has 0 aliphatic carbocycles. The molecule has 1 aromatic carbocycles. The average Bonchev–Trinajstić information content (AvgIpc) is 3.22. The molecule has 8 heteroatoms. The van der Waals surface area contributed by atoms with Gasteiger partial charge in [-0.05, 0) is 30.7 Å². The predicted molar refractivity (Wildman–Crippen MR) is 99.7 cm³/mol. The van der Waals surface area contributed by atoms with E-state index < -0.39 is 9.84 Å². The minimum absolute atomic E-state index is 0.0581. The maximum absolute atomic E-state index is 12.3. The molecule has 1 fully saturated rings. The summed E-state index contributed by atoms with van der Waals surface area (Å²) in [6.07, 6.45) is 2.33. The third-order valence-corrected chi connectivity index (χ3v) is 6.80. The third kappa shape index (κ3) is 4.65. The first kappa shape index (κ1) is 18.0. The molecule has 1 aromatic heterocycles. The third-order valence-electron chi connectivity index (χ3n) is 4.36. The van der Waals surface area contributed by atoms with Crippen LogP contribution in [-0.4, -0.2) is 48.3 Å². The van der Waals surface area contributed by atoms with E-state index in [0.29, 0.717) is 23.7 Å². The van der Waals surface area contributed by atoms with Crippen LogP contribution in [0, 0.1) is 0 Å². The normalized spacial score (nSPS) is 19.2. The molecule has 2 aromatic rings. The molecule has 1 aliphatic heterocycles. The van der Waals surface area contributed by atoms with Gasteiger partial charge in [0.15, 0.2) is 15.0 Å². The number of anilines is 1. The molecule has 0 unspecified atom stereocenters. The van der Waals surface area contributed by atoms with Gasteiger partial charge in [-0.3, -0.25) is 15.0 Å². The molecule has 1 atom stereocenters. The standard InChI is InChI=1S/C17H21N3O3S2/c1-2-20(15-6-9-25(22,23)12-15)11-13-4-3-5-14(10-13)16(21)19-17-18-7-8-24-17/h3-5,7-8,10,15H,2,6,9,11-12H2,1H3,(H,18,19,21)/t15-/m1/s1. The maximum atomic E-state index is 12.3. The molecule has 1 amide bonds. The lowest BCUT2D eigenvalue weighted by molar-refractivity contribution is 0.102. The first-order valence-corrected chi connectivity index (χ1v) is 10.9. The highest BCUT2D eigenvalue weighted by molar-refractivity contribution is 7.91. The van der Waals surface area contributed by atoms with Crippen LogP contribution in [0.2, 0.25) is 0 Å². The fourth-order valence-corrected chi connectivity index (χ4v) is 5.35. The second-order valence-electron chi connectivity index (χ2n) is 6.11. The van der Waals surface area contributed by atoms with E-state index in [1.54, 1.807) is 17.6 Å². The number of benzene rings is 1. The van der Waals surface area contributed by atoms with Gasteiger partial charge in [-0.1, -0.05) is 19.1 Å². The number of hydrogen-bond donors (Lipinski definition) is 1. The van der Waals surface area contributed by atoms with E-state index in [1.807, 2.05) is 25.1 Å². The van der Waals surface area contributed by atoms with Crippen LogP contribution in [0.3, 0.4) is 0 Å². The lowest BCUT2D eigenvalue weighted by atomic mass is 10.1. The number of amides is 1. The lowest BCUT2D eigenvalue weighted by Gasteiger charge is -2.26. The van der Waals surface area contributed by atoms with Crippen LogP contribution < -0.4 is 5.32 Å². The van der Waals surface area contributed by atoms with Crippen molar-refractivity contribution >= 4 is 32.2 Å². The number of sulfone groups is 1. The molecule has 6 nitrogen and oxygen atoms in total. The predicted octanol–water partition coefficient (Wildman–Crippen LogP) is 2.40. The highest BCUT2D eigenvalue weighted by Gasteiger charge is 2.31. The summed E-state index contributed by atoms with van der Waals surface area (Å²) in [5.74, 6) is 0.304. The second kappa shape index (κ2) is 7.63. The topological polar surface area (TPSA) is 79.4 Å². The molecule has 0 saturated carbocycles. The lowest BCUT2D eigenvalue weighted by Crippen LogP contribution is -2.35. The van der Waals surface area contributed by atoms with Crippen molar-refractivity contribution in [3.8, 4) is 0 Å². The molecule has 134 valence electrons. The Morgan fingerprint density at radius 1 is 1.44 bits per heavy atom. The van der Waals surface area contributed by atoms with E-state index in [1.165, 1.54) is 11.3 Å². The zero-order valence-corrected chi connectivity index (χ0v) is 15.6. The Kier molecular flexibility index (Phi) is 5.51. The van der Waals surface area contributed by atoms with Crippen LogP contribution in [0.4, 0.5) is 5.13 Å². The van der Waals surface area contributed by atoms with Gasteiger partial charge in [-0.2, -0.15) is 0 Å². The van der Waals surface area contributed by atoms with Crippen LogP contribution in [0.15, 0.2) is 35.8 Å². The average molecular weight is 380 g/mol. The van der Waals surface area contributed by atoms with Crippen LogP contribution >= 0.6 is 11.3 Å². The first-order valence-electron chi connectivity index (χ1n) is 8.21. The highest BCUT2D eigenvalue weighted by atomic mass is 32.2. The summed E-state index contributed by atoms with van der Waals surface area (Å²) in [5, 5.41) is 5.15. The van der Waals surface area contributed by atoms with Gasteiger partial charge in [-0.25, -0.2) is 13.4 Å². The maximum Gasteiger partial charge on any atom is 0.257 e. The number of aromatic nitrogens is 1. The van der Waals surface area contributed by atoms with Crippen LogP contribution in [0.1, 0.15) is 29.3 Å². The summed E-state index contributed by atoms with van der Waals surface area (Å²) < 4.78 is 23.4. The van der Waals surface area contributed by atoms with Crippen molar-refractivity contribution in [1.82, 2.24) is 9.88 Å². The SMILES string of the molecule is CCN(Cc1cccc(C(=O)Nc2nccs2)c1)[C@@H]1CCS(=O)(=O)C1. The number of carbonyl (C=O) groups excluding carboxylic acids is 1. The molecule has 0 bridgehead atoms. The van der Waals surface area contributed by atoms with Gasteiger partial charge < -0.3 is 0 Å². The Hall–Kier alpha value is -1.77. The molecule has 0 radical (unpaired) electrons. The minimum atomic E-state index is -2.91. The van der Waals surface area contributed by atoms with Crippen molar-refractivity contribution in [2.24, 2.45) is 0 Å². The van der Waals surface area contributed by atoms with E-state index in [9.17, 15) is 13.2 Å². The van der Waals surface area contributed by atoms with E-state index in [4.69, 9.17) is 0 Å². The van der Waals surface area contributed by atoms with E-state index in [-0.39, 0.29) is 23.5 Å². The molecule has 0 spiro atoms. The molecule has 1 N–H and O–H groups in total. The molecular formula is C17H21N3O3S2. The largest absolute Gasteiger partial charge is 0.298 e. The number of carbonyl (C=O) groups is 1. The van der Waals surface area contributed by atoms with Gasteiger partial charge in [0.05, 0.1) is 11.5 Å². The Balaban J connectivity index is 1.69. The Labute approximate surface area is 151 Å². The van der Waals surface area contributed by atoms with Crippen LogP contribution in [0.25, 0.3) is 0 Å². The number of nitrogens with zero attached hydrogens (tertiary/aromatic N) is 2.